The standard InChI is InChI=1S/C16H19NO2/c1-11-6-12(2)8-13(7-11)9-15(18)14-4-5-16(19-3)17-10-14/h4-8,10,15,18H,9H2,1-3H3. The van der Waals surface area contributed by atoms with Crippen LogP contribution in [0.3, 0.4) is 0 Å². The second-order valence-corrected chi connectivity index (χ2v) is 4.85. The minimum absolute atomic E-state index is 0.542. The third-order valence-corrected chi connectivity index (χ3v) is 3.06. The van der Waals surface area contributed by atoms with Crippen LogP contribution in [0.4, 0.5) is 0 Å². The van der Waals surface area contributed by atoms with Gasteiger partial charge in [0.1, 0.15) is 0 Å². The molecule has 1 atom stereocenters. The van der Waals surface area contributed by atoms with Gasteiger partial charge in [0.05, 0.1) is 13.2 Å². The fourth-order valence-electron chi connectivity index (χ4n) is 2.24. The van der Waals surface area contributed by atoms with E-state index in [0.29, 0.717) is 12.3 Å². The number of aliphatic hydroxyl groups is 1. The third kappa shape index (κ3) is 3.55. The second-order valence-electron chi connectivity index (χ2n) is 4.85. The van der Waals surface area contributed by atoms with Crippen LogP contribution in [0.2, 0.25) is 0 Å². The zero-order chi connectivity index (χ0) is 13.8. The van der Waals surface area contributed by atoms with Crippen molar-refractivity contribution >= 4 is 0 Å². The molecule has 0 bridgehead atoms. The number of aliphatic hydroxyl groups excluding tert-OH is 1. The highest BCUT2D eigenvalue weighted by atomic mass is 16.5. The molecule has 1 heterocycles. The number of pyridine rings is 1. The lowest BCUT2D eigenvalue weighted by Crippen LogP contribution is -2.03. The minimum Gasteiger partial charge on any atom is -0.481 e. The number of aromatic nitrogens is 1. The van der Waals surface area contributed by atoms with Crippen molar-refractivity contribution in [1.82, 2.24) is 4.98 Å². The van der Waals surface area contributed by atoms with Crippen molar-refractivity contribution in [2.45, 2.75) is 26.4 Å². The molecule has 19 heavy (non-hydrogen) atoms. The van der Waals surface area contributed by atoms with Crippen LogP contribution in [0, 0.1) is 13.8 Å². The summed E-state index contributed by atoms with van der Waals surface area (Å²) in [6, 6.07) is 9.95. The number of aryl methyl sites for hydroxylation is 2. The summed E-state index contributed by atoms with van der Waals surface area (Å²) in [4.78, 5) is 4.11. The predicted molar refractivity (Wildman–Crippen MR) is 75.4 cm³/mol. The van der Waals surface area contributed by atoms with E-state index < -0.39 is 6.10 Å². The molecule has 0 fully saturated rings. The van der Waals surface area contributed by atoms with Gasteiger partial charge >= 0.3 is 0 Å². The summed E-state index contributed by atoms with van der Waals surface area (Å²) in [6.07, 6.45) is 1.71. The molecule has 0 spiro atoms. The van der Waals surface area contributed by atoms with E-state index in [0.717, 1.165) is 11.1 Å². The highest BCUT2D eigenvalue weighted by molar-refractivity contribution is 5.30. The molecule has 3 heteroatoms. The first-order valence-corrected chi connectivity index (χ1v) is 6.33. The number of nitrogens with zero attached hydrogens (tertiary/aromatic N) is 1. The molecular weight excluding hydrogens is 238 g/mol. The molecule has 2 rings (SSSR count). The SMILES string of the molecule is COc1ccc(C(O)Cc2cc(C)cc(C)c2)cn1. The van der Waals surface area contributed by atoms with Gasteiger partial charge < -0.3 is 9.84 Å². The summed E-state index contributed by atoms with van der Waals surface area (Å²) < 4.78 is 5.01. The average molecular weight is 257 g/mol. The third-order valence-electron chi connectivity index (χ3n) is 3.06. The molecule has 1 N–H and O–H groups in total. The monoisotopic (exact) mass is 257 g/mol. The van der Waals surface area contributed by atoms with Crippen LogP contribution in [0.5, 0.6) is 5.88 Å². The van der Waals surface area contributed by atoms with Gasteiger partial charge in [-0.15, -0.1) is 0 Å². The fourth-order valence-corrected chi connectivity index (χ4v) is 2.24. The van der Waals surface area contributed by atoms with E-state index in [9.17, 15) is 5.11 Å². The Morgan fingerprint density at radius 2 is 1.84 bits per heavy atom. The Morgan fingerprint density at radius 3 is 2.37 bits per heavy atom. The zero-order valence-corrected chi connectivity index (χ0v) is 11.6. The molecular formula is C16H19NO2. The molecule has 1 unspecified atom stereocenters. The summed E-state index contributed by atoms with van der Waals surface area (Å²) in [5.41, 5.74) is 4.38. The van der Waals surface area contributed by atoms with Gasteiger partial charge in [0.25, 0.3) is 0 Å². The van der Waals surface area contributed by atoms with Crippen molar-refractivity contribution < 1.29 is 9.84 Å². The van der Waals surface area contributed by atoms with Crippen LogP contribution in [0.1, 0.15) is 28.4 Å². The number of hydrogen-bond donors (Lipinski definition) is 1. The molecule has 0 saturated heterocycles. The van der Waals surface area contributed by atoms with Crippen molar-refractivity contribution in [2.24, 2.45) is 0 Å². The lowest BCUT2D eigenvalue weighted by Gasteiger charge is -2.12. The Balaban J connectivity index is 2.13. The first-order valence-electron chi connectivity index (χ1n) is 6.33. The molecule has 0 aliphatic carbocycles. The lowest BCUT2D eigenvalue weighted by molar-refractivity contribution is 0.178. The number of benzene rings is 1. The van der Waals surface area contributed by atoms with Gasteiger partial charge in [-0.3, -0.25) is 0 Å². The quantitative estimate of drug-likeness (QED) is 0.915. The van der Waals surface area contributed by atoms with E-state index in [1.54, 1.807) is 19.4 Å². The maximum absolute atomic E-state index is 10.2. The summed E-state index contributed by atoms with van der Waals surface area (Å²) in [6.45, 7) is 4.13. The van der Waals surface area contributed by atoms with Crippen LogP contribution in [0.25, 0.3) is 0 Å². The van der Waals surface area contributed by atoms with Crippen molar-refractivity contribution in [3.8, 4) is 5.88 Å². The molecule has 100 valence electrons. The lowest BCUT2D eigenvalue weighted by atomic mass is 9.99. The molecule has 0 saturated carbocycles. The van der Waals surface area contributed by atoms with Gasteiger partial charge in [-0.25, -0.2) is 4.98 Å². The molecule has 2 aromatic rings. The van der Waals surface area contributed by atoms with Crippen LogP contribution >= 0.6 is 0 Å². The highest BCUT2D eigenvalue weighted by Crippen LogP contribution is 2.20. The van der Waals surface area contributed by atoms with Crippen molar-refractivity contribution in [3.63, 3.8) is 0 Å². The topological polar surface area (TPSA) is 42.4 Å². The number of ether oxygens (including phenoxy) is 1. The maximum Gasteiger partial charge on any atom is 0.212 e. The molecule has 0 aliphatic rings. The summed E-state index contributed by atoms with van der Waals surface area (Å²) in [7, 11) is 1.58. The molecule has 1 aromatic carbocycles. The van der Waals surface area contributed by atoms with E-state index in [-0.39, 0.29) is 0 Å². The van der Waals surface area contributed by atoms with E-state index in [1.165, 1.54) is 11.1 Å². The summed E-state index contributed by atoms with van der Waals surface area (Å²) in [5.74, 6) is 0.558. The van der Waals surface area contributed by atoms with Gasteiger partial charge in [0, 0.05) is 18.7 Å². The van der Waals surface area contributed by atoms with Crippen molar-refractivity contribution in [3.05, 3.63) is 58.8 Å². The van der Waals surface area contributed by atoms with Gasteiger partial charge in [-0.1, -0.05) is 29.3 Å². The number of rotatable bonds is 4. The molecule has 0 amide bonds. The van der Waals surface area contributed by atoms with E-state index in [1.807, 2.05) is 6.07 Å². The van der Waals surface area contributed by atoms with Crippen LogP contribution in [-0.4, -0.2) is 17.2 Å². The average Bonchev–Trinajstić information content (AvgIpc) is 2.37. The Bertz CT molecular complexity index is 529. The Hall–Kier alpha value is -1.87. The molecule has 1 aromatic heterocycles. The van der Waals surface area contributed by atoms with Gasteiger partial charge in [-0.2, -0.15) is 0 Å². The largest absolute Gasteiger partial charge is 0.481 e. The van der Waals surface area contributed by atoms with Gasteiger partial charge in [0.15, 0.2) is 0 Å². The van der Waals surface area contributed by atoms with Crippen LogP contribution in [-0.2, 0) is 6.42 Å². The predicted octanol–water partition coefficient (Wildman–Crippen LogP) is 2.98. The first-order chi connectivity index (χ1) is 9.08. The van der Waals surface area contributed by atoms with E-state index in [2.05, 4.69) is 37.0 Å². The van der Waals surface area contributed by atoms with Crippen LogP contribution in [0.15, 0.2) is 36.5 Å². The van der Waals surface area contributed by atoms with Crippen molar-refractivity contribution in [1.29, 1.82) is 0 Å². The molecule has 0 aliphatic heterocycles. The maximum atomic E-state index is 10.2. The number of methoxy groups -OCH3 is 1. The van der Waals surface area contributed by atoms with Gasteiger partial charge in [0.2, 0.25) is 5.88 Å². The summed E-state index contributed by atoms with van der Waals surface area (Å²) in [5, 5.41) is 10.2. The Kier molecular flexibility index (Phi) is 4.17. The normalized spacial score (nSPS) is 12.2. The Labute approximate surface area is 113 Å². The zero-order valence-electron chi connectivity index (χ0n) is 11.6. The number of hydrogen-bond acceptors (Lipinski definition) is 3. The fraction of sp³-hybridized carbons (Fsp3) is 0.312. The second kappa shape index (κ2) is 5.85. The Morgan fingerprint density at radius 1 is 1.16 bits per heavy atom. The van der Waals surface area contributed by atoms with Gasteiger partial charge in [-0.05, 0) is 31.0 Å². The highest BCUT2D eigenvalue weighted by Gasteiger charge is 2.10. The smallest absolute Gasteiger partial charge is 0.212 e. The summed E-state index contributed by atoms with van der Waals surface area (Å²) >= 11 is 0. The van der Waals surface area contributed by atoms with E-state index >= 15 is 0 Å². The molecule has 0 radical (unpaired) electrons. The minimum atomic E-state index is -0.542. The first kappa shape index (κ1) is 13.6. The van der Waals surface area contributed by atoms with E-state index in [4.69, 9.17) is 4.74 Å². The molecule has 3 nitrogen and oxygen atoms in total. The van der Waals surface area contributed by atoms with Crippen LogP contribution < -0.4 is 4.74 Å². The van der Waals surface area contributed by atoms with Crippen molar-refractivity contribution in [2.75, 3.05) is 7.11 Å².